The highest BCUT2D eigenvalue weighted by Crippen LogP contribution is 2.32. The van der Waals surface area contributed by atoms with Crippen molar-refractivity contribution in [1.82, 2.24) is 0 Å². The third kappa shape index (κ3) is 6.22. The van der Waals surface area contributed by atoms with E-state index in [1.165, 1.54) is 11.1 Å². The summed E-state index contributed by atoms with van der Waals surface area (Å²) in [6.45, 7) is 4.55. The molecule has 0 spiro atoms. The Hall–Kier alpha value is -1.32. The first-order chi connectivity index (χ1) is 9.67. The Kier molecular flexibility index (Phi) is 8.00. The van der Waals surface area contributed by atoms with E-state index in [9.17, 15) is 9.59 Å². The summed E-state index contributed by atoms with van der Waals surface area (Å²) in [5.74, 6) is -0.229. The van der Waals surface area contributed by atoms with E-state index in [1.807, 2.05) is 13.8 Å². The minimum Gasteiger partial charge on any atom is -0.466 e. The van der Waals surface area contributed by atoms with Crippen molar-refractivity contribution in [2.45, 2.75) is 65.2 Å². The van der Waals surface area contributed by atoms with Crippen molar-refractivity contribution in [3.63, 3.8) is 0 Å². The number of unbranched alkanes of at least 4 members (excludes halogenated alkanes) is 1. The first-order valence-corrected chi connectivity index (χ1v) is 7.68. The van der Waals surface area contributed by atoms with Gasteiger partial charge < -0.3 is 9.47 Å². The second kappa shape index (κ2) is 9.56. The summed E-state index contributed by atoms with van der Waals surface area (Å²) in [4.78, 5) is 22.7. The summed E-state index contributed by atoms with van der Waals surface area (Å²) in [6.07, 6.45) is 7.03. The van der Waals surface area contributed by atoms with Crippen LogP contribution in [0.5, 0.6) is 0 Å². The van der Waals surface area contributed by atoms with Crippen LogP contribution in [0.1, 0.15) is 65.2 Å². The lowest BCUT2D eigenvalue weighted by atomic mass is 10.0. The molecule has 0 saturated carbocycles. The molecule has 0 atom stereocenters. The Morgan fingerprint density at radius 3 is 2.30 bits per heavy atom. The second-order valence-corrected chi connectivity index (χ2v) is 5.05. The molecular weight excluding hydrogens is 256 g/mol. The highest BCUT2D eigenvalue weighted by Gasteiger charge is 2.17. The fourth-order valence-corrected chi connectivity index (χ4v) is 2.61. The Bertz CT molecular complexity index is 357. The predicted molar refractivity (Wildman–Crippen MR) is 77.2 cm³/mol. The van der Waals surface area contributed by atoms with Gasteiger partial charge in [-0.25, -0.2) is 0 Å². The number of allylic oxidation sites excluding steroid dienone is 1. The molecule has 0 amide bonds. The van der Waals surface area contributed by atoms with Gasteiger partial charge in [0.05, 0.1) is 19.6 Å². The zero-order chi connectivity index (χ0) is 14.8. The molecule has 1 aliphatic carbocycles. The summed E-state index contributed by atoms with van der Waals surface area (Å²) in [7, 11) is 0. The van der Waals surface area contributed by atoms with Crippen LogP contribution in [0.15, 0.2) is 11.1 Å². The zero-order valence-corrected chi connectivity index (χ0v) is 12.7. The molecule has 0 saturated heterocycles. The molecule has 0 aliphatic heterocycles. The van der Waals surface area contributed by atoms with Crippen molar-refractivity contribution >= 4 is 11.9 Å². The fourth-order valence-electron chi connectivity index (χ4n) is 2.61. The van der Waals surface area contributed by atoms with E-state index in [0.29, 0.717) is 26.1 Å². The number of hydrogen-bond donors (Lipinski definition) is 0. The molecule has 0 bridgehead atoms. The van der Waals surface area contributed by atoms with Gasteiger partial charge in [-0.2, -0.15) is 0 Å². The minimum absolute atomic E-state index is 0.111. The van der Waals surface area contributed by atoms with E-state index >= 15 is 0 Å². The van der Waals surface area contributed by atoms with Crippen molar-refractivity contribution in [1.29, 1.82) is 0 Å². The highest BCUT2D eigenvalue weighted by molar-refractivity contribution is 5.72. The van der Waals surface area contributed by atoms with Crippen LogP contribution in [0.25, 0.3) is 0 Å². The smallest absolute Gasteiger partial charge is 0.309 e. The number of hydrogen-bond acceptors (Lipinski definition) is 4. The van der Waals surface area contributed by atoms with Gasteiger partial charge in [0.1, 0.15) is 0 Å². The van der Waals surface area contributed by atoms with Crippen molar-refractivity contribution in [2.75, 3.05) is 13.2 Å². The molecule has 0 N–H and O–H groups in total. The summed E-state index contributed by atoms with van der Waals surface area (Å²) in [6, 6.07) is 0. The summed E-state index contributed by atoms with van der Waals surface area (Å²) >= 11 is 0. The number of carbonyl (C=O) groups is 2. The van der Waals surface area contributed by atoms with Gasteiger partial charge in [-0.3, -0.25) is 9.59 Å². The highest BCUT2D eigenvalue weighted by atomic mass is 16.5. The molecule has 4 nitrogen and oxygen atoms in total. The van der Waals surface area contributed by atoms with Gasteiger partial charge in [-0.1, -0.05) is 11.1 Å². The largest absolute Gasteiger partial charge is 0.466 e. The molecule has 1 aliphatic rings. The van der Waals surface area contributed by atoms with Gasteiger partial charge in [0.2, 0.25) is 0 Å². The molecule has 0 aromatic heterocycles. The van der Waals surface area contributed by atoms with Crippen LogP contribution in [-0.4, -0.2) is 25.2 Å². The summed E-state index contributed by atoms with van der Waals surface area (Å²) < 4.78 is 9.90. The van der Waals surface area contributed by atoms with E-state index in [4.69, 9.17) is 9.47 Å². The van der Waals surface area contributed by atoms with Crippen LogP contribution < -0.4 is 0 Å². The Morgan fingerprint density at radius 1 is 0.950 bits per heavy atom. The van der Waals surface area contributed by atoms with Gasteiger partial charge in [0, 0.05) is 6.42 Å². The maximum Gasteiger partial charge on any atom is 0.309 e. The molecule has 20 heavy (non-hydrogen) atoms. The van der Waals surface area contributed by atoms with Gasteiger partial charge >= 0.3 is 11.9 Å². The lowest BCUT2D eigenvalue weighted by Crippen LogP contribution is -2.05. The zero-order valence-electron chi connectivity index (χ0n) is 12.7. The molecule has 0 fully saturated rings. The van der Waals surface area contributed by atoms with E-state index in [0.717, 1.165) is 38.5 Å². The number of esters is 2. The molecule has 0 aromatic rings. The molecular formula is C16H26O4. The molecule has 1 rings (SSSR count). The van der Waals surface area contributed by atoms with Crippen LogP contribution >= 0.6 is 0 Å². The van der Waals surface area contributed by atoms with Crippen LogP contribution in [0.2, 0.25) is 0 Å². The van der Waals surface area contributed by atoms with Gasteiger partial charge in [0.25, 0.3) is 0 Å². The fraction of sp³-hybridized carbons (Fsp3) is 0.750. The van der Waals surface area contributed by atoms with Crippen LogP contribution in [0.3, 0.4) is 0 Å². The standard InChI is InChI=1S/C16H26O4/c1-3-19-15(17)11-6-5-8-13-9-7-10-14(13)12-16(18)20-4-2/h3-12H2,1-2H3. The topological polar surface area (TPSA) is 52.6 Å². The normalized spacial score (nSPS) is 14.5. The van der Waals surface area contributed by atoms with Gasteiger partial charge in [-0.15, -0.1) is 0 Å². The second-order valence-electron chi connectivity index (χ2n) is 5.05. The van der Waals surface area contributed by atoms with Crippen LogP contribution in [0.4, 0.5) is 0 Å². The monoisotopic (exact) mass is 282 g/mol. The first kappa shape index (κ1) is 16.7. The Balaban J connectivity index is 2.29. The van der Waals surface area contributed by atoms with E-state index in [2.05, 4.69) is 0 Å². The lowest BCUT2D eigenvalue weighted by Gasteiger charge is -2.07. The quantitative estimate of drug-likeness (QED) is 0.369. The SMILES string of the molecule is CCOC(=O)CCCCC1=C(CC(=O)OCC)CCC1. The third-order valence-corrected chi connectivity index (χ3v) is 3.53. The summed E-state index contributed by atoms with van der Waals surface area (Å²) in [5, 5.41) is 0. The molecule has 0 radical (unpaired) electrons. The third-order valence-electron chi connectivity index (χ3n) is 3.53. The number of rotatable bonds is 9. The lowest BCUT2D eigenvalue weighted by molar-refractivity contribution is -0.143. The van der Waals surface area contributed by atoms with Crippen molar-refractivity contribution in [2.24, 2.45) is 0 Å². The van der Waals surface area contributed by atoms with E-state index in [-0.39, 0.29) is 11.9 Å². The average molecular weight is 282 g/mol. The molecule has 0 heterocycles. The summed E-state index contributed by atoms with van der Waals surface area (Å²) in [5.41, 5.74) is 2.67. The van der Waals surface area contributed by atoms with Crippen LogP contribution in [-0.2, 0) is 19.1 Å². The van der Waals surface area contributed by atoms with Gasteiger partial charge in [-0.05, 0) is 52.4 Å². The van der Waals surface area contributed by atoms with Gasteiger partial charge in [0.15, 0.2) is 0 Å². The Morgan fingerprint density at radius 2 is 1.60 bits per heavy atom. The average Bonchev–Trinajstić information content (AvgIpc) is 2.82. The first-order valence-electron chi connectivity index (χ1n) is 7.68. The molecule has 4 heteroatoms. The van der Waals surface area contributed by atoms with Crippen molar-refractivity contribution in [3.05, 3.63) is 11.1 Å². The van der Waals surface area contributed by atoms with Crippen LogP contribution in [0, 0.1) is 0 Å². The maximum absolute atomic E-state index is 11.5. The van der Waals surface area contributed by atoms with E-state index in [1.54, 1.807) is 0 Å². The minimum atomic E-state index is -0.117. The maximum atomic E-state index is 11.5. The van der Waals surface area contributed by atoms with E-state index < -0.39 is 0 Å². The predicted octanol–water partition coefficient (Wildman–Crippen LogP) is 3.54. The molecule has 0 aromatic carbocycles. The molecule has 114 valence electrons. The number of carbonyl (C=O) groups excluding carboxylic acids is 2. The Labute approximate surface area is 121 Å². The van der Waals surface area contributed by atoms with Crippen molar-refractivity contribution in [3.8, 4) is 0 Å². The van der Waals surface area contributed by atoms with Crippen molar-refractivity contribution < 1.29 is 19.1 Å². The number of ether oxygens (including phenoxy) is 2. The molecule has 0 unspecified atom stereocenters.